The van der Waals surface area contributed by atoms with Gasteiger partial charge in [0, 0.05) is 48.4 Å². The van der Waals surface area contributed by atoms with Gasteiger partial charge in [-0.05, 0) is 45.2 Å². The van der Waals surface area contributed by atoms with Gasteiger partial charge in [-0.2, -0.15) is 0 Å². The van der Waals surface area contributed by atoms with Crippen molar-refractivity contribution in [3.05, 3.63) is 53.1 Å². The molecule has 0 spiro atoms. The number of nitrogens with one attached hydrogen (secondary N) is 1. The Kier molecular flexibility index (Phi) is 6.74. The highest BCUT2D eigenvalue weighted by Gasteiger charge is 2.28. The first-order valence-corrected chi connectivity index (χ1v) is 11.4. The molecule has 0 aliphatic carbocycles. The summed E-state index contributed by atoms with van der Waals surface area (Å²) >= 11 is 0. The first-order chi connectivity index (χ1) is 15.8. The standard InChI is InChI=1S/C25H31N5O3/c1-16(2)33-15-24(32)29(4)14-22-27-17(3)19-9-10-23(31)30(25(19)28-22)12-11-18-13-26-21-8-6-5-7-20(18)21/h5-8,13,16,26H,9-12,14-15H2,1-4H3. The van der Waals surface area contributed by atoms with Crippen LogP contribution in [0.25, 0.3) is 10.9 Å². The predicted octanol–water partition coefficient (Wildman–Crippen LogP) is 3.17. The van der Waals surface area contributed by atoms with Crippen LogP contribution in [0.15, 0.2) is 30.5 Å². The molecule has 0 radical (unpaired) electrons. The second kappa shape index (κ2) is 9.70. The average Bonchev–Trinajstić information content (AvgIpc) is 3.19. The molecule has 1 N–H and O–H groups in total. The van der Waals surface area contributed by atoms with E-state index in [1.54, 1.807) is 16.8 Å². The van der Waals surface area contributed by atoms with Gasteiger partial charge < -0.3 is 14.6 Å². The zero-order valence-corrected chi connectivity index (χ0v) is 19.7. The number of carbonyl (C=O) groups excluding carboxylic acids is 2. The van der Waals surface area contributed by atoms with E-state index < -0.39 is 0 Å². The highest BCUT2D eigenvalue weighted by molar-refractivity contribution is 5.95. The number of para-hydroxylation sites is 1. The molecule has 0 saturated carbocycles. The number of hydrogen-bond donors (Lipinski definition) is 1. The third-order valence-electron chi connectivity index (χ3n) is 6.01. The number of fused-ring (bicyclic) bond motifs is 2. The molecule has 8 nitrogen and oxygen atoms in total. The molecule has 3 heterocycles. The maximum absolute atomic E-state index is 12.9. The van der Waals surface area contributed by atoms with Crippen LogP contribution >= 0.6 is 0 Å². The number of hydrogen-bond acceptors (Lipinski definition) is 5. The van der Waals surface area contributed by atoms with Gasteiger partial charge in [-0.25, -0.2) is 9.97 Å². The van der Waals surface area contributed by atoms with Crippen molar-refractivity contribution in [1.29, 1.82) is 0 Å². The van der Waals surface area contributed by atoms with Crippen molar-refractivity contribution in [3.63, 3.8) is 0 Å². The average molecular weight is 450 g/mol. The molecule has 1 aliphatic rings. The van der Waals surface area contributed by atoms with Crippen LogP contribution in [0.3, 0.4) is 0 Å². The summed E-state index contributed by atoms with van der Waals surface area (Å²) in [4.78, 5) is 41.2. The monoisotopic (exact) mass is 449 g/mol. The number of aromatic nitrogens is 3. The van der Waals surface area contributed by atoms with E-state index in [0.717, 1.165) is 23.2 Å². The predicted molar refractivity (Wildman–Crippen MR) is 127 cm³/mol. The number of likely N-dealkylation sites (N-methyl/N-ethyl adjacent to an activating group) is 1. The summed E-state index contributed by atoms with van der Waals surface area (Å²) in [5.41, 5.74) is 4.13. The lowest BCUT2D eigenvalue weighted by atomic mass is 10.0. The molecule has 1 aromatic carbocycles. The lowest BCUT2D eigenvalue weighted by Crippen LogP contribution is -2.38. The van der Waals surface area contributed by atoms with E-state index in [2.05, 4.69) is 16.0 Å². The van der Waals surface area contributed by atoms with Gasteiger partial charge in [0.15, 0.2) is 0 Å². The number of anilines is 1. The van der Waals surface area contributed by atoms with Crippen LogP contribution in [0.1, 0.15) is 42.9 Å². The van der Waals surface area contributed by atoms with E-state index in [4.69, 9.17) is 9.72 Å². The third-order valence-corrected chi connectivity index (χ3v) is 6.01. The highest BCUT2D eigenvalue weighted by atomic mass is 16.5. The van der Waals surface area contributed by atoms with Crippen LogP contribution in [0.5, 0.6) is 0 Å². The van der Waals surface area contributed by atoms with Crippen LogP contribution < -0.4 is 4.90 Å². The van der Waals surface area contributed by atoms with E-state index in [9.17, 15) is 9.59 Å². The number of amides is 2. The second-order valence-electron chi connectivity index (χ2n) is 8.79. The molecule has 2 aromatic heterocycles. The molecule has 0 fully saturated rings. The Bertz CT molecular complexity index is 1170. The maximum Gasteiger partial charge on any atom is 0.248 e. The normalized spacial score (nSPS) is 13.6. The Balaban J connectivity index is 1.53. The van der Waals surface area contributed by atoms with Crippen molar-refractivity contribution in [2.24, 2.45) is 0 Å². The van der Waals surface area contributed by atoms with Crippen molar-refractivity contribution in [2.45, 2.75) is 52.7 Å². The van der Waals surface area contributed by atoms with Crippen LogP contribution in [0.4, 0.5) is 5.82 Å². The van der Waals surface area contributed by atoms with Gasteiger partial charge in [0.2, 0.25) is 11.8 Å². The molecule has 33 heavy (non-hydrogen) atoms. The van der Waals surface area contributed by atoms with Crippen molar-refractivity contribution in [1.82, 2.24) is 19.9 Å². The van der Waals surface area contributed by atoms with Crippen LogP contribution in [-0.4, -0.2) is 58.0 Å². The molecule has 3 aromatic rings. The molecule has 0 saturated heterocycles. The van der Waals surface area contributed by atoms with Crippen molar-refractivity contribution in [2.75, 3.05) is 25.1 Å². The summed E-state index contributed by atoms with van der Waals surface area (Å²) in [7, 11) is 1.71. The number of nitrogens with zero attached hydrogens (tertiary/aromatic N) is 4. The van der Waals surface area contributed by atoms with Crippen LogP contribution in [0, 0.1) is 6.92 Å². The van der Waals surface area contributed by atoms with Crippen LogP contribution in [-0.2, 0) is 33.7 Å². The fraction of sp³-hybridized carbons (Fsp3) is 0.440. The molecule has 0 bridgehead atoms. The summed E-state index contributed by atoms with van der Waals surface area (Å²) in [6, 6.07) is 8.17. The Hall–Kier alpha value is -3.26. The van der Waals surface area contributed by atoms with Gasteiger partial charge in [-0.3, -0.25) is 14.5 Å². The minimum atomic E-state index is -0.130. The molecule has 8 heteroatoms. The molecular formula is C25H31N5O3. The highest BCUT2D eigenvalue weighted by Crippen LogP contribution is 2.29. The fourth-order valence-corrected chi connectivity index (χ4v) is 4.16. The topological polar surface area (TPSA) is 91.4 Å². The SMILES string of the molecule is Cc1nc(CN(C)C(=O)COC(C)C)nc2c1CCC(=O)N2CCc1c[nH]c2ccccc12. The minimum absolute atomic E-state index is 0.0127. The van der Waals surface area contributed by atoms with Gasteiger partial charge >= 0.3 is 0 Å². The van der Waals surface area contributed by atoms with E-state index in [0.29, 0.717) is 31.0 Å². The van der Waals surface area contributed by atoms with Gasteiger partial charge in [0.05, 0.1) is 12.6 Å². The molecule has 0 atom stereocenters. The lowest BCUT2D eigenvalue weighted by molar-refractivity contribution is -0.136. The zero-order valence-electron chi connectivity index (χ0n) is 19.7. The Morgan fingerprint density at radius 3 is 2.82 bits per heavy atom. The number of benzene rings is 1. The number of H-pyrrole nitrogens is 1. The maximum atomic E-state index is 12.9. The Morgan fingerprint density at radius 1 is 1.24 bits per heavy atom. The molecule has 4 rings (SSSR count). The molecule has 1 aliphatic heterocycles. The molecule has 0 unspecified atom stereocenters. The molecule has 2 amide bonds. The Labute approximate surface area is 194 Å². The fourth-order valence-electron chi connectivity index (χ4n) is 4.16. The summed E-state index contributed by atoms with van der Waals surface area (Å²) in [5, 5.41) is 1.17. The van der Waals surface area contributed by atoms with Crippen molar-refractivity contribution >= 4 is 28.5 Å². The first kappa shape index (κ1) is 22.9. The molecule has 174 valence electrons. The lowest BCUT2D eigenvalue weighted by Gasteiger charge is -2.29. The minimum Gasteiger partial charge on any atom is -0.369 e. The summed E-state index contributed by atoms with van der Waals surface area (Å²) in [6.07, 6.45) is 3.81. The number of ether oxygens (including phenoxy) is 1. The third kappa shape index (κ3) is 5.06. The number of rotatable bonds is 8. The van der Waals surface area contributed by atoms with Crippen molar-refractivity contribution in [3.8, 4) is 0 Å². The van der Waals surface area contributed by atoms with E-state index in [-0.39, 0.29) is 31.1 Å². The van der Waals surface area contributed by atoms with Gasteiger partial charge in [0.1, 0.15) is 18.2 Å². The largest absolute Gasteiger partial charge is 0.369 e. The van der Waals surface area contributed by atoms with Crippen LogP contribution in [0.2, 0.25) is 0 Å². The van der Waals surface area contributed by atoms with Gasteiger partial charge in [-0.1, -0.05) is 18.2 Å². The Morgan fingerprint density at radius 2 is 2.03 bits per heavy atom. The number of aromatic amines is 1. The van der Waals surface area contributed by atoms with Gasteiger partial charge in [-0.15, -0.1) is 0 Å². The smallest absolute Gasteiger partial charge is 0.248 e. The second-order valence-corrected chi connectivity index (χ2v) is 8.79. The van der Waals surface area contributed by atoms with E-state index >= 15 is 0 Å². The molecular weight excluding hydrogens is 418 g/mol. The summed E-state index contributed by atoms with van der Waals surface area (Å²) < 4.78 is 5.42. The summed E-state index contributed by atoms with van der Waals surface area (Å²) in [5.74, 6) is 1.14. The summed E-state index contributed by atoms with van der Waals surface area (Å²) in [6.45, 7) is 6.56. The zero-order chi connectivity index (χ0) is 23.5. The number of carbonyl (C=O) groups is 2. The van der Waals surface area contributed by atoms with Gasteiger partial charge in [0.25, 0.3) is 0 Å². The number of aryl methyl sites for hydroxylation is 1. The van der Waals surface area contributed by atoms with Crippen molar-refractivity contribution < 1.29 is 14.3 Å². The van der Waals surface area contributed by atoms with E-state index in [1.165, 1.54) is 10.9 Å². The first-order valence-electron chi connectivity index (χ1n) is 11.4. The quantitative estimate of drug-likeness (QED) is 0.570. The van der Waals surface area contributed by atoms with E-state index in [1.807, 2.05) is 45.2 Å².